The number of alkyl halides is 3. The largest absolute Gasteiger partial charge is 0.418 e. The van der Waals surface area contributed by atoms with Crippen LogP contribution in [0.2, 0.25) is 0 Å². The molecule has 2 aliphatic rings. The Kier molecular flexibility index (Phi) is 6.11. The predicted octanol–water partition coefficient (Wildman–Crippen LogP) is 3.64. The van der Waals surface area contributed by atoms with Crippen molar-refractivity contribution in [3.63, 3.8) is 0 Å². The molecule has 178 valence electrons. The smallest absolute Gasteiger partial charge is 0.384 e. The maximum absolute atomic E-state index is 13.3. The first-order chi connectivity index (χ1) is 16.1. The SMILES string of the molecule is NC1=NCC(C(=O)CC2(C(=O)NCc3ccc(Nc4ccc(F)cc4C(F)(F)F)cn3)CC2)=C1. The molecule has 1 saturated carbocycles. The molecular formula is C23H21F4N5O2. The van der Waals surface area contributed by atoms with Crippen molar-refractivity contribution in [2.45, 2.75) is 32.0 Å². The molecule has 2 heterocycles. The Morgan fingerprint density at radius 3 is 2.50 bits per heavy atom. The van der Waals surface area contributed by atoms with Gasteiger partial charge in [-0.2, -0.15) is 13.2 Å². The molecular weight excluding hydrogens is 454 g/mol. The molecule has 1 aromatic carbocycles. The number of hydrogen-bond acceptors (Lipinski definition) is 6. The molecule has 0 spiro atoms. The zero-order valence-electron chi connectivity index (χ0n) is 17.9. The summed E-state index contributed by atoms with van der Waals surface area (Å²) in [5.74, 6) is -1.09. The van der Waals surface area contributed by atoms with Crippen LogP contribution in [0.1, 0.15) is 30.5 Å². The number of anilines is 2. The molecule has 0 bridgehead atoms. The highest BCUT2D eigenvalue weighted by molar-refractivity contribution is 6.08. The molecule has 34 heavy (non-hydrogen) atoms. The molecule has 0 saturated heterocycles. The van der Waals surface area contributed by atoms with Gasteiger partial charge in [-0.3, -0.25) is 19.6 Å². The van der Waals surface area contributed by atoms with E-state index in [4.69, 9.17) is 5.73 Å². The first kappa shape index (κ1) is 23.4. The second-order valence-electron chi connectivity index (χ2n) is 8.32. The number of ketones is 1. The van der Waals surface area contributed by atoms with E-state index < -0.39 is 23.0 Å². The molecule has 1 amide bonds. The lowest BCUT2D eigenvalue weighted by atomic mass is 9.94. The van der Waals surface area contributed by atoms with Crippen LogP contribution in [0.5, 0.6) is 0 Å². The third-order valence-electron chi connectivity index (χ3n) is 5.77. The van der Waals surface area contributed by atoms with Crippen molar-refractivity contribution in [3.8, 4) is 0 Å². The lowest BCUT2D eigenvalue weighted by molar-refractivity contribution is -0.137. The van der Waals surface area contributed by atoms with Gasteiger partial charge >= 0.3 is 6.18 Å². The fraction of sp³-hybridized carbons (Fsp3) is 0.304. The van der Waals surface area contributed by atoms with E-state index in [1.807, 2.05) is 0 Å². The van der Waals surface area contributed by atoms with Crippen molar-refractivity contribution in [3.05, 3.63) is 65.3 Å². The molecule has 2 aromatic rings. The topological polar surface area (TPSA) is 109 Å². The average molecular weight is 475 g/mol. The Morgan fingerprint density at radius 2 is 1.91 bits per heavy atom. The van der Waals surface area contributed by atoms with E-state index in [0.717, 1.165) is 12.1 Å². The minimum absolute atomic E-state index is 0.0863. The number of nitrogens with one attached hydrogen (secondary N) is 2. The van der Waals surface area contributed by atoms with Gasteiger partial charge in [0.2, 0.25) is 5.91 Å². The summed E-state index contributed by atoms with van der Waals surface area (Å²) >= 11 is 0. The van der Waals surface area contributed by atoms with E-state index in [-0.39, 0.29) is 42.6 Å². The molecule has 7 nitrogen and oxygen atoms in total. The molecule has 0 unspecified atom stereocenters. The highest BCUT2D eigenvalue weighted by Crippen LogP contribution is 2.49. The van der Waals surface area contributed by atoms with E-state index in [0.29, 0.717) is 36.0 Å². The minimum Gasteiger partial charge on any atom is -0.384 e. The number of Topliss-reactive ketones (excluding diaryl/α,β-unsaturated/α-hetero) is 1. The van der Waals surface area contributed by atoms with Crippen LogP contribution in [-0.4, -0.2) is 29.1 Å². The summed E-state index contributed by atoms with van der Waals surface area (Å²) < 4.78 is 52.7. The summed E-state index contributed by atoms with van der Waals surface area (Å²) in [6.45, 7) is 0.327. The number of nitrogens with zero attached hydrogens (tertiary/aromatic N) is 2. The van der Waals surface area contributed by atoms with Crippen LogP contribution >= 0.6 is 0 Å². The number of rotatable bonds is 8. The van der Waals surface area contributed by atoms with Gasteiger partial charge in [0.15, 0.2) is 5.78 Å². The zero-order valence-corrected chi connectivity index (χ0v) is 17.9. The summed E-state index contributed by atoms with van der Waals surface area (Å²) in [6.07, 6.45) is -0.593. The summed E-state index contributed by atoms with van der Waals surface area (Å²) in [7, 11) is 0. The van der Waals surface area contributed by atoms with E-state index in [1.165, 1.54) is 18.3 Å². The normalized spacial score (nSPS) is 16.5. The number of carbonyl (C=O) groups is 2. The molecule has 1 aliphatic heterocycles. The van der Waals surface area contributed by atoms with Gasteiger partial charge < -0.3 is 16.4 Å². The van der Waals surface area contributed by atoms with Crippen LogP contribution < -0.4 is 16.4 Å². The van der Waals surface area contributed by atoms with Crippen molar-refractivity contribution >= 4 is 28.9 Å². The maximum Gasteiger partial charge on any atom is 0.418 e. The Bertz CT molecular complexity index is 1180. The number of benzene rings is 1. The van der Waals surface area contributed by atoms with Crippen LogP contribution in [-0.2, 0) is 22.3 Å². The summed E-state index contributed by atoms with van der Waals surface area (Å²) in [5, 5.41) is 5.36. The van der Waals surface area contributed by atoms with Crippen molar-refractivity contribution in [1.82, 2.24) is 10.3 Å². The van der Waals surface area contributed by atoms with Gasteiger partial charge in [0.1, 0.15) is 11.7 Å². The van der Waals surface area contributed by atoms with Crippen LogP contribution in [0.25, 0.3) is 0 Å². The third-order valence-corrected chi connectivity index (χ3v) is 5.77. The van der Waals surface area contributed by atoms with Crippen molar-refractivity contribution in [2.75, 3.05) is 11.9 Å². The molecule has 0 radical (unpaired) electrons. The van der Waals surface area contributed by atoms with Crippen molar-refractivity contribution in [2.24, 2.45) is 16.1 Å². The number of nitrogens with two attached hydrogens (primary N) is 1. The number of pyridine rings is 1. The number of aromatic nitrogens is 1. The highest BCUT2D eigenvalue weighted by Gasteiger charge is 2.51. The summed E-state index contributed by atoms with van der Waals surface area (Å²) in [4.78, 5) is 33.2. The third kappa shape index (κ3) is 5.24. The fourth-order valence-corrected chi connectivity index (χ4v) is 3.65. The van der Waals surface area contributed by atoms with E-state index in [9.17, 15) is 27.2 Å². The first-order valence-corrected chi connectivity index (χ1v) is 10.5. The van der Waals surface area contributed by atoms with Crippen molar-refractivity contribution in [1.29, 1.82) is 0 Å². The molecule has 1 aromatic heterocycles. The van der Waals surface area contributed by atoms with Crippen molar-refractivity contribution < 1.29 is 27.2 Å². The summed E-state index contributed by atoms with van der Waals surface area (Å²) in [5.41, 5.74) is 4.64. The average Bonchev–Trinajstić information content (AvgIpc) is 3.44. The Morgan fingerprint density at radius 1 is 1.15 bits per heavy atom. The van der Waals surface area contributed by atoms with Gasteiger partial charge in [-0.25, -0.2) is 4.39 Å². The number of amides is 1. The van der Waals surface area contributed by atoms with Crippen LogP contribution in [0.4, 0.5) is 28.9 Å². The van der Waals surface area contributed by atoms with Gasteiger partial charge in [0.05, 0.1) is 47.3 Å². The Balaban J connectivity index is 1.34. The van der Waals surface area contributed by atoms with Gasteiger partial charge in [0, 0.05) is 12.0 Å². The van der Waals surface area contributed by atoms with E-state index >= 15 is 0 Å². The van der Waals surface area contributed by atoms with Crippen LogP contribution in [0, 0.1) is 11.2 Å². The second-order valence-corrected chi connectivity index (χ2v) is 8.32. The number of carbonyl (C=O) groups excluding carboxylic acids is 2. The molecule has 4 N–H and O–H groups in total. The fourth-order valence-electron chi connectivity index (χ4n) is 3.65. The predicted molar refractivity (Wildman–Crippen MR) is 117 cm³/mol. The van der Waals surface area contributed by atoms with Crippen LogP contribution in [0.15, 0.2) is 53.2 Å². The number of amidine groups is 1. The Labute approximate surface area is 192 Å². The standard InChI is InChI=1S/C23H21F4N5O2/c24-14-1-4-18(17(8-14)23(25,26)27)32-16-3-2-15(29-12-16)11-31-21(34)22(5-6-22)9-19(33)13-7-20(28)30-10-13/h1-4,7-8,12,32H,5-6,9-11H2,(H2,28,30)(H,31,34). The molecule has 11 heteroatoms. The minimum atomic E-state index is -4.73. The molecule has 0 atom stereocenters. The monoisotopic (exact) mass is 475 g/mol. The lowest BCUT2D eigenvalue weighted by Gasteiger charge is -2.16. The number of halogens is 4. The van der Waals surface area contributed by atoms with Gasteiger partial charge in [-0.15, -0.1) is 0 Å². The maximum atomic E-state index is 13.3. The van der Waals surface area contributed by atoms with E-state index in [1.54, 1.807) is 6.07 Å². The molecule has 1 fully saturated rings. The first-order valence-electron chi connectivity index (χ1n) is 10.5. The second kappa shape index (κ2) is 8.88. The van der Waals surface area contributed by atoms with Crippen LogP contribution in [0.3, 0.4) is 0 Å². The quantitative estimate of drug-likeness (QED) is 0.505. The van der Waals surface area contributed by atoms with Gasteiger partial charge in [-0.1, -0.05) is 0 Å². The van der Waals surface area contributed by atoms with Gasteiger partial charge in [0.25, 0.3) is 0 Å². The lowest BCUT2D eigenvalue weighted by Crippen LogP contribution is -2.33. The molecule has 4 rings (SSSR count). The Hall–Kier alpha value is -3.76. The zero-order chi connectivity index (χ0) is 24.5. The number of hydrogen-bond donors (Lipinski definition) is 3. The van der Waals surface area contributed by atoms with Gasteiger partial charge in [-0.05, 0) is 49.2 Å². The highest BCUT2D eigenvalue weighted by atomic mass is 19.4. The molecule has 1 aliphatic carbocycles. The summed E-state index contributed by atoms with van der Waals surface area (Å²) in [6, 6.07) is 5.41. The van der Waals surface area contributed by atoms with E-state index in [2.05, 4.69) is 20.6 Å². The number of aliphatic imine (C=N–C) groups is 1.